The zero-order valence-electron chi connectivity index (χ0n) is 10.6. The van der Waals surface area contributed by atoms with Crippen molar-refractivity contribution in [1.82, 2.24) is 10.3 Å². The maximum atomic E-state index is 10.9. The van der Waals surface area contributed by atoms with E-state index in [1.807, 2.05) is 0 Å². The Morgan fingerprint density at radius 3 is 2.90 bits per heavy atom. The van der Waals surface area contributed by atoms with Gasteiger partial charge < -0.3 is 14.8 Å². The first-order valence-electron chi connectivity index (χ1n) is 5.70. The monoisotopic (exact) mass is 287 g/mol. The Kier molecular flexibility index (Phi) is 4.16. The highest BCUT2D eigenvalue weighted by Gasteiger charge is 2.12. The van der Waals surface area contributed by atoms with Crippen molar-refractivity contribution in [1.29, 1.82) is 0 Å². The predicted molar refractivity (Wildman–Crippen MR) is 71.5 cm³/mol. The molecule has 1 aromatic carbocycles. The SMILES string of the molecule is O=C(O)NCC#Cc1cc(-c2cnco2)cc([N+](=O)[O-])c1. The van der Waals surface area contributed by atoms with E-state index in [0.717, 1.165) is 0 Å². The second-order valence-corrected chi connectivity index (χ2v) is 3.85. The molecule has 0 saturated heterocycles. The summed E-state index contributed by atoms with van der Waals surface area (Å²) in [6.07, 6.45) is 1.46. The number of oxazole rings is 1. The van der Waals surface area contributed by atoms with Gasteiger partial charge in [-0.05, 0) is 6.07 Å². The first kappa shape index (κ1) is 14.1. The van der Waals surface area contributed by atoms with Crippen LogP contribution in [0.15, 0.2) is 35.2 Å². The molecule has 2 N–H and O–H groups in total. The molecule has 0 radical (unpaired) electrons. The van der Waals surface area contributed by atoms with Crippen LogP contribution in [0.25, 0.3) is 11.3 Å². The third kappa shape index (κ3) is 3.81. The van der Waals surface area contributed by atoms with Gasteiger partial charge in [-0.1, -0.05) is 11.8 Å². The van der Waals surface area contributed by atoms with Crippen LogP contribution in [0.5, 0.6) is 0 Å². The number of hydrogen-bond donors (Lipinski definition) is 2. The predicted octanol–water partition coefficient (Wildman–Crippen LogP) is 1.87. The van der Waals surface area contributed by atoms with E-state index >= 15 is 0 Å². The number of nitrogens with one attached hydrogen (secondary N) is 1. The Bertz CT molecular complexity index is 728. The molecule has 106 valence electrons. The van der Waals surface area contributed by atoms with Crippen molar-refractivity contribution >= 4 is 11.8 Å². The third-order valence-electron chi connectivity index (χ3n) is 2.41. The van der Waals surface area contributed by atoms with Crippen molar-refractivity contribution in [2.24, 2.45) is 0 Å². The van der Waals surface area contributed by atoms with Crippen LogP contribution in [-0.2, 0) is 0 Å². The standard InChI is InChI=1S/C13H9N3O5/c17-13(18)15-3-1-2-9-4-10(12-7-14-8-21-12)6-11(5-9)16(19)20/h4-8,15H,3H2,(H,17,18). The number of amides is 1. The van der Waals surface area contributed by atoms with Gasteiger partial charge in [-0.15, -0.1) is 0 Å². The molecule has 1 aromatic heterocycles. The Labute approximate surface area is 118 Å². The fourth-order valence-corrected chi connectivity index (χ4v) is 1.56. The lowest BCUT2D eigenvalue weighted by atomic mass is 10.1. The molecule has 8 heteroatoms. The summed E-state index contributed by atoms with van der Waals surface area (Å²) in [6, 6.07) is 4.25. The van der Waals surface area contributed by atoms with Gasteiger partial charge in [-0.2, -0.15) is 0 Å². The van der Waals surface area contributed by atoms with Crippen molar-refractivity contribution in [3.8, 4) is 23.2 Å². The van der Waals surface area contributed by atoms with Crippen LogP contribution in [-0.4, -0.2) is 27.7 Å². The lowest BCUT2D eigenvalue weighted by Gasteiger charge is -1.99. The van der Waals surface area contributed by atoms with Gasteiger partial charge >= 0.3 is 6.09 Å². The normalized spacial score (nSPS) is 9.52. The molecule has 0 atom stereocenters. The summed E-state index contributed by atoms with van der Waals surface area (Å²) >= 11 is 0. The summed E-state index contributed by atoms with van der Waals surface area (Å²) in [4.78, 5) is 24.4. The minimum Gasteiger partial charge on any atom is -0.465 e. The molecule has 0 saturated carbocycles. The number of non-ortho nitro benzene ring substituents is 1. The van der Waals surface area contributed by atoms with Crippen LogP contribution in [0.4, 0.5) is 10.5 Å². The number of hydrogen-bond acceptors (Lipinski definition) is 5. The molecule has 1 amide bonds. The average molecular weight is 287 g/mol. The summed E-state index contributed by atoms with van der Waals surface area (Å²) in [6.45, 7) is -0.0737. The van der Waals surface area contributed by atoms with E-state index in [2.05, 4.69) is 22.1 Å². The number of nitro groups is 1. The van der Waals surface area contributed by atoms with Crippen LogP contribution in [0.2, 0.25) is 0 Å². The summed E-state index contributed by atoms with van der Waals surface area (Å²) in [5.41, 5.74) is 0.708. The van der Waals surface area contributed by atoms with Gasteiger partial charge in [0.25, 0.3) is 5.69 Å². The number of rotatable bonds is 3. The smallest absolute Gasteiger partial charge is 0.405 e. The molecule has 0 bridgehead atoms. The third-order valence-corrected chi connectivity index (χ3v) is 2.41. The number of carbonyl (C=O) groups is 1. The van der Waals surface area contributed by atoms with Gasteiger partial charge in [-0.3, -0.25) is 10.1 Å². The number of aromatic nitrogens is 1. The van der Waals surface area contributed by atoms with Crippen LogP contribution >= 0.6 is 0 Å². The minimum atomic E-state index is -1.19. The molecule has 2 aromatic rings. The van der Waals surface area contributed by atoms with Gasteiger partial charge in [0.15, 0.2) is 12.2 Å². The molecule has 0 unspecified atom stereocenters. The van der Waals surface area contributed by atoms with Crippen molar-refractivity contribution in [3.63, 3.8) is 0 Å². The Hall–Kier alpha value is -3.34. The zero-order valence-corrected chi connectivity index (χ0v) is 10.6. The maximum absolute atomic E-state index is 10.9. The number of nitrogens with zero attached hydrogens (tertiary/aromatic N) is 2. The zero-order chi connectivity index (χ0) is 15.2. The molecule has 0 spiro atoms. The van der Waals surface area contributed by atoms with E-state index in [0.29, 0.717) is 16.9 Å². The number of carboxylic acid groups (broad SMARTS) is 1. The molecular formula is C13H9N3O5. The molecule has 0 aliphatic carbocycles. The topological polar surface area (TPSA) is 118 Å². The minimum absolute atomic E-state index is 0.0737. The summed E-state index contributed by atoms with van der Waals surface area (Å²) in [5, 5.41) is 21.4. The Morgan fingerprint density at radius 2 is 2.29 bits per heavy atom. The molecule has 21 heavy (non-hydrogen) atoms. The van der Waals surface area contributed by atoms with E-state index in [9.17, 15) is 14.9 Å². The van der Waals surface area contributed by atoms with Gasteiger partial charge in [0.2, 0.25) is 0 Å². The van der Waals surface area contributed by atoms with Gasteiger partial charge in [0, 0.05) is 23.3 Å². The molecule has 0 aliphatic heterocycles. The highest BCUT2D eigenvalue weighted by molar-refractivity contribution is 5.65. The molecular weight excluding hydrogens is 278 g/mol. The largest absolute Gasteiger partial charge is 0.465 e. The van der Waals surface area contributed by atoms with Crippen molar-refractivity contribution in [2.75, 3.05) is 6.54 Å². The van der Waals surface area contributed by atoms with Crippen LogP contribution in [0.1, 0.15) is 5.56 Å². The highest BCUT2D eigenvalue weighted by atomic mass is 16.6. The lowest BCUT2D eigenvalue weighted by molar-refractivity contribution is -0.384. The summed E-state index contributed by atoms with van der Waals surface area (Å²) in [5.74, 6) is 5.60. The average Bonchev–Trinajstić information content (AvgIpc) is 2.97. The quantitative estimate of drug-likeness (QED) is 0.505. The first-order chi connectivity index (χ1) is 10.1. The highest BCUT2D eigenvalue weighted by Crippen LogP contribution is 2.25. The second-order valence-electron chi connectivity index (χ2n) is 3.85. The van der Waals surface area contributed by atoms with Crippen LogP contribution in [0, 0.1) is 22.0 Å². The fraction of sp³-hybridized carbons (Fsp3) is 0.0769. The number of benzene rings is 1. The number of nitro benzene ring substituents is 1. The van der Waals surface area contributed by atoms with Gasteiger partial charge in [0.1, 0.15) is 0 Å². The maximum Gasteiger partial charge on any atom is 0.405 e. The van der Waals surface area contributed by atoms with Crippen molar-refractivity contribution < 1.29 is 19.2 Å². The van der Waals surface area contributed by atoms with Crippen molar-refractivity contribution in [2.45, 2.75) is 0 Å². The van der Waals surface area contributed by atoms with E-state index in [-0.39, 0.29) is 12.2 Å². The summed E-state index contributed by atoms with van der Waals surface area (Å²) in [7, 11) is 0. The summed E-state index contributed by atoms with van der Waals surface area (Å²) < 4.78 is 5.09. The van der Waals surface area contributed by atoms with Gasteiger partial charge in [0.05, 0.1) is 17.7 Å². The van der Waals surface area contributed by atoms with E-state index in [4.69, 9.17) is 9.52 Å². The van der Waals surface area contributed by atoms with Crippen LogP contribution in [0.3, 0.4) is 0 Å². The first-order valence-corrected chi connectivity index (χ1v) is 5.70. The Balaban J connectivity index is 2.32. The second kappa shape index (κ2) is 6.21. The molecule has 0 fully saturated rings. The van der Waals surface area contributed by atoms with Crippen LogP contribution < -0.4 is 5.32 Å². The molecule has 2 rings (SSSR count). The van der Waals surface area contributed by atoms with E-state index < -0.39 is 11.0 Å². The van der Waals surface area contributed by atoms with Gasteiger partial charge in [-0.25, -0.2) is 9.78 Å². The van der Waals surface area contributed by atoms with Crippen molar-refractivity contribution in [3.05, 3.63) is 46.5 Å². The van der Waals surface area contributed by atoms with E-state index in [1.165, 1.54) is 24.7 Å². The molecule has 1 heterocycles. The lowest BCUT2D eigenvalue weighted by Crippen LogP contribution is -2.20. The fourth-order valence-electron chi connectivity index (χ4n) is 1.56. The molecule has 8 nitrogen and oxygen atoms in total. The molecule has 0 aliphatic rings. The Morgan fingerprint density at radius 1 is 1.48 bits per heavy atom. The van der Waals surface area contributed by atoms with E-state index in [1.54, 1.807) is 6.07 Å².